The maximum absolute atomic E-state index is 12.1. The van der Waals surface area contributed by atoms with Gasteiger partial charge in [0.2, 0.25) is 10.0 Å². The molecular formula is C16H25NO4S. The van der Waals surface area contributed by atoms with Gasteiger partial charge in [0, 0.05) is 6.54 Å². The van der Waals surface area contributed by atoms with Crippen LogP contribution in [0.3, 0.4) is 0 Å². The van der Waals surface area contributed by atoms with Gasteiger partial charge in [-0.2, -0.15) is 4.31 Å². The first-order valence-corrected chi connectivity index (χ1v) is 8.98. The smallest absolute Gasteiger partial charge is 0.321 e. The quantitative estimate of drug-likeness (QED) is 0.720. The van der Waals surface area contributed by atoms with E-state index in [2.05, 4.69) is 0 Å². The number of benzene rings is 1. The molecule has 0 amide bonds. The first-order chi connectivity index (χ1) is 10.1. The van der Waals surface area contributed by atoms with Crippen molar-refractivity contribution in [2.75, 3.05) is 18.8 Å². The van der Waals surface area contributed by atoms with E-state index in [-0.39, 0.29) is 18.8 Å². The van der Waals surface area contributed by atoms with Crippen LogP contribution in [0.4, 0.5) is 0 Å². The summed E-state index contributed by atoms with van der Waals surface area (Å²) < 4.78 is 30.7. The molecule has 0 unspecified atom stereocenters. The third-order valence-corrected chi connectivity index (χ3v) is 4.80. The molecule has 0 heterocycles. The number of rotatable bonds is 7. The lowest BCUT2D eigenvalue weighted by Crippen LogP contribution is -2.40. The topological polar surface area (TPSA) is 63.7 Å². The largest absolute Gasteiger partial charge is 0.459 e. The number of sulfonamides is 1. The Kier molecular flexibility index (Phi) is 6.56. The predicted octanol–water partition coefficient (Wildman–Crippen LogP) is 2.22. The highest BCUT2D eigenvalue weighted by molar-refractivity contribution is 7.89. The van der Waals surface area contributed by atoms with Crippen LogP contribution in [0.25, 0.3) is 0 Å². The minimum Gasteiger partial charge on any atom is -0.459 e. The summed E-state index contributed by atoms with van der Waals surface area (Å²) in [6, 6.07) is 9.59. The number of hydrogen-bond donors (Lipinski definition) is 0. The Bertz CT molecular complexity index is 576. The Balaban J connectivity index is 2.75. The number of ether oxygens (including phenoxy) is 1. The van der Waals surface area contributed by atoms with Crippen molar-refractivity contribution in [3.05, 3.63) is 35.9 Å². The maximum atomic E-state index is 12.1. The van der Waals surface area contributed by atoms with E-state index in [4.69, 9.17) is 4.74 Å². The minimum atomic E-state index is -3.45. The number of carbonyl (C=O) groups is 1. The van der Waals surface area contributed by atoms with Crippen molar-refractivity contribution < 1.29 is 17.9 Å². The van der Waals surface area contributed by atoms with E-state index in [0.29, 0.717) is 6.42 Å². The van der Waals surface area contributed by atoms with Crippen molar-refractivity contribution in [2.24, 2.45) is 0 Å². The van der Waals surface area contributed by atoms with Crippen molar-refractivity contribution in [2.45, 2.75) is 39.7 Å². The fourth-order valence-corrected chi connectivity index (χ4v) is 2.95. The van der Waals surface area contributed by atoms with E-state index < -0.39 is 21.6 Å². The maximum Gasteiger partial charge on any atom is 0.321 e. The molecule has 6 heteroatoms. The molecular weight excluding hydrogens is 302 g/mol. The van der Waals surface area contributed by atoms with E-state index in [0.717, 1.165) is 5.56 Å². The fraction of sp³-hybridized carbons (Fsp3) is 0.562. The summed E-state index contributed by atoms with van der Waals surface area (Å²) in [5, 5.41) is 0. The Morgan fingerprint density at radius 3 is 2.27 bits per heavy atom. The highest BCUT2D eigenvalue weighted by Gasteiger charge is 2.25. The van der Waals surface area contributed by atoms with Crippen LogP contribution in [0, 0.1) is 0 Å². The molecule has 1 aromatic rings. The Hall–Kier alpha value is -1.40. The van der Waals surface area contributed by atoms with Gasteiger partial charge in [0.25, 0.3) is 0 Å². The van der Waals surface area contributed by atoms with Gasteiger partial charge in [-0.3, -0.25) is 4.79 Å². The van der Waals surface area contributed by atoms with Gasteiger partial charge in [-0.05, 0) is 39.7 Å². The Labute approximate surface area is 133 Å². The average molecular weight is 327 g/mol. The second-order valence-corrected chi connectivity index (χ2v) is 8.31. The molecule has 0 saturated heterocycles. The Morgan fingerprint density at radius 2 is 1.77 bits per heavy atom. The summed E-state index contributed by atoms with van der Waals surface area (Å²) in [4.78, 5) is 11.9. The average Bonchev–Trinajstić information content (AvgIpc) is 2.42. The third kappa shape index (κ3) is 6.58. The van der Waals surface area contributed by atoms with Crippen molar-refractivity contribution in [1.29, 1.82) is 0 Å². The monoisotopic (exact) mass is 327 g/mol. The van der Waals surface area contributed by atoms with E-state index in [1.807, 2.05) is 30.3 Å². The highest BCUT2D eigenvalue weighted by Crippen LogP contribution is 2.10. The molecule has 0 spiro atoms. The molecule has 0 bridgehead atoms. The van der Waals surface area contributed by atoms with Crippen LogP contribution >= 0.6 is 0 Å². The predicted molar refractivity (Wildman–Crippen MR) is 87.0 cm³/mol. The summed E-state index contributed by atoms with van der Waals surface area (Å²) >= 11 is 0. The van der Waals surface area contributed by atoms with Crippen LogP contribution in [0.1, 0.15) is 33.3 Å². The highest BCUT2D eigenvalue weighted by atomic mass is 32.2. The zero-order chi connectivity index (χ0) is 16.8. The molecule has 0 atom stereocenters. The molecule has 1 aromatic carbocycles. The fourth-order valence-electron chi connectivity index (χ4n) is 1.92. The lowest BCUT2D eigenvalue weighted by atomic mass is 10.1. The molecule has 1 rings (SSSR count). The SMILES string of the molecule is CCS(=O)(=O)N(CCc1ccccc1)CC(=O)OC(C)(C)C. The van der Waals surface area contributed by atoms with Crippen molar-refractivity contribution in [3.8, 4) is 0 Å². The van der Waals surface area contributed by atoms with Crippen LogP contribution in [-0.2, 0) is 26.0 Å². The standard InChI is InChI=1S/C16H25NO4S/c1-5-22(19,20)17(13-15(18)21-16(2,3)4)12-11-14-9-7-6-8-10-14/h6-10H,5,11-13H2,1-4H3. The second kappa shape index (κ2) is 7.74. The van der Waals surface area contributed by atoms with Gasteiger partial charge >= 0.3 is 5.97 Å². The van der Waals surface area contributed by atoms with Crippen molar-refractivity contribution in [1.82, 2.24) is 4.31 Å². The van der Waals surface area contributed by atoms with E-state index in [1.165, 1.54) is 4.31 Å². The number of esters is 1. The molecule has 0 radical (unpaired) electrons. The zero-order valence-electron chi connectivity index (χ0n) is 13.7. The molecule has 22 heavy (non-hydrogen) atoms. The first kappa shape index (κ1) is 18.6. The lowest BCUT2D eigenvalue weighted by molar-refractivity contribution is -0.154. The molecule has 0 N–H and O–H groups in total. The van der Waals surface area contributed by atoms with Crippen molar-refractivity contribution >= 4 is 16.0 Å². The van der Waals surface area contributed by atoms with Gasteiger partial charge in [0.15, 0.2) is 0 Å². The number of carbonyl (C=O) groups excluding carboxylic acids is 1. The van der Waals surface area contributed by atoms with Gasteiger partial charge < -0.3 is 4.74 Å². The van der Waals surface area contributed by atoms with Crippen LogP contribution in [0.2, 0.25) is 0 Å². The molecule has 124 valence electrons. The zero-order valence-corrected chi connectivity index (χ0v) is 14.5. The molecule has 0 aliphatic carbocycles. The van der Waals surface area contributed by atoms with Crippen LogP contribution in [0.15, 0.2) is 30.3 Å². The van der Waals surface area contributed by atoms with Crippen LogP contribution in [0.5, 0.6) is 0 Å². The minimum absolute atomic E-state index is 0.0371. The molecule has 0 aliphatic rings. The van der Waals surface area contributed by atoms with Gasteiger partial charge in [-0.15, -0.1) is 0 Å². The van der Waals surface area contributed by atoms with Crippen molar-refractivity contribution in [3.63, 3.8) is 0 Å². The van der Waals surface area contributed by atoms with Crippen LogP contribution in [-0.4, -0.2) is 43.1 Å². The van der Waals surface area contributed by atoms with Gasteiger partial charge in [0.05, 0.1) is 5.75 Å². The summed E-state index contributed by atoms with van der Waals surface area (Å²) in [6.07, 6.45) is 0.558. The molecule has 0 fully saturated rings. The summed E-state index contributed by atoms with van der Waals surface area (Å²) in [5.41, 5.74) is 0.404. The molecule has 0 aliphatic heterocycles. The van der Waals surface area contributed by atoms with E-state index in [9.17, 15) is 13.2 Å². The normalized spacial score (nSPS) is 12.4. The Morgan fingerprint density at radius 1 is 1.18 bits per heavy atom. The number of hydrogen-bond acceptors (Lipinski definition) is 4. The third-order valence-electron chi connectivity index (χ3n) is 2.98. The van der Waals surface area contributed by atoms with E-state index >= 15 is 0 Å². The molecule has 0 aromatic heterocycles. The van der Waals surface area contributed by atoms with Gasteiger partial charge in [0.1, 0.15) is 12.1 Å². The lowest BCUT2D eigenvalue weighted by Gasteiger charge is -2.24. The van der Waals surface area contributed by atoms with Gasteiger partial charge in [-0.1, -0.05) is 30.3 Å². The summed E-state index contributed by atoms with van der Waals surface area (Å²) in [5.74, 6) is -0.567. The van der Waals surface area contributed by atoms with Gasteiger partial charge in [-0.25, -0.2) is 8.42 Å². The number of nitrogens with zero attached hydrogens (tertiary/aromatic N) is 1. The second-order valence-electron chi connectivity index (χ2n) is 6.06. The van der Waals surface area contributed by atoms with Crippen LogP contribution < -0.4 is 0 Å². The summed E-state index contributed by atoms with van der Waals surface area (Å²) in [7, 11) is -3.45. The first-order valence-electron chi connectivity index (χ1n) is 7.37. The summed E-state index contributed by atoms with van der Waals surface area (Å²) in [6.45, 7) is 6.86. The molecule has 5 nitrogen and oxygen atoms in total. The van der Waals surface area contributed by atoms with E-state index in [1.54, 1.807) is 27.7 Å². The molecule has 0 saturated carbocycles.